The normalized spacial score (nSPS) is 21.0. The molecule has 4 aromatic rings. The number of fused-ring (bicyclic) bond motifs is 1. The van der Waals surface area contributed by atoms with Crippen LogP contribution in [0.2, 0.25) is 0 Å². The van der Waals surface area contributed by atoms with Gasteiger partial charge < -0.3 is 13.9 Å². The zero-order valence-corrected chi connectivity index (χ0v) is 20.2. The van der Waals surface area contributed by atoms with Gasteiger partial charge in [-0.05, 0) is 61.1 Å². The van der Waals surface area contributed by atoms with Crippen LogP contribution < -0.4 is 5.32 Å². The van der Waals surface area contributed by atoms with Gasteiger partial charge in [0.1, 0.15) is 6.29 Å². The predicted molar refractivity (Wildman–Crippen MR) is 135 cm³/mol. The number of hydrogen-bond donors (Lipinski definition) is 1. The Morgan fingerprint density at radius 2 is 2.11 bits per heavy atom. The van der Waals surface area contributed by atoms with E-state index in [0.717, 1.165) is 49.0 Å². The van der Waals surface area contributed by atoms with Crippen molar-refractivity contribution in [2.45, 2.75) is 25.3 Å². The molecule has 4 heterocycles. The van der Waals surface area contributed by atoms with Crippen LogP contribution in [0, 0.1) is 5.41 Å². The van der Waals surface area contributed by atoms with Crippen molar-refractivity contribution in [3.05, 3.63) is 66.0 Å². The highest BCUT2D eigenvalue weighted by atomic mass is 32.1. The number of hydrogen-bond acceptors (Lipinski definition) is 7. The number of oxazole rings is 1. The first-order chi connectivity index (χ1) is 17.5. The number of carbonyl (C=O) groups excluding carboxylic acids is 3. The van der Waals surface area contributed by atoms with Gasteiger partial charge in [0.25, 0.3) is 5.91 Å². The predicted octanol–water partition coefficient (Wildman–Crippen LogP) is 4.56. The van der Waals surface area contributed by atoms with Crippen molar-refractivity contribution in [2.75, 3.05) is 18.4 Å². The molecule has 1 saturated carbocycles. The SMILES string of the molecule is C=CC(=O)N1CCC2(CC(n3c(NC(=O)c4ccc(-c5cnco5)s4)nc4cc(C=O)ccc43)C2)C1. The largest absolute Gasteiger partial charge is 0.443 e. The Morgan fingerprint density at radius 3 is 2.86 bits per heavy atom. The maximum absolute atomic E-state index is 13.2. The summed E-state index contributed by atoms with van der Waals surface area (Å²) in [6.07, 6.45) is 7.83. The Morgan fingerprint density at radius 1 is 1.25 bits per heavy atom. The molecule has 1 aliphatic carbocycles. The monoisotopic (exact) mass is 501 g/mol. The van der Waals surface area contributed by atoms with Crippen molar-refractivity contribution < 1.29 is 18.8 Å². The second-order valence-electron chi connectivity index (χ2n) is 9.43. The van der Waals surface area contributed by atoms with Gasteiger partial charge in [0.15, 0.2) is 12.2 Å². The third kappa shape index (κ3) is 3.74. The van der Waals surface area contributed by atoms with E-state index in [2.05, 4.69) is 26.4 Å². The average molecular weight is 502 g/mol. The van der Waals surface area contributed by atoms with E-state index in [1.54, 1.807) is 24.4 Å². The van der Waals surface area contributed by atoms with Crippen LogP contribution in [-0.4, -0.2) is 50.6 Å². The van der Waals surface area contributed by atoms with Crippen LogP contribution in [0.15, 0.2) is 60.0 Å². The molecule has 36 heavy (non-hydrogen) atoms. The molecule has 2 amide bonds. The smallest absolute Gasteiger partial charge is 0.268 e. The van der Waals surface area contributed by atoms with Crippen LogP contribution >= 0.6 is 11.3 Å². The summed E-state index contributed by atoms with van der Waals surface area (Å²) < 4.78 is 7.40. The zero-order valence-electron chi connectivity index (χ0n) is 19.3. The molecule has 2 fully saturated rings. The molecule has 1 N–H and O–H groups in total. The molecule has 1 spiro atoms. The molecule has 3 aromatic heterocycles. The quantitative estimate of drug-likeness (QED) is 0.306. The maximum Gasteiger partial charge on any atom is 0.268 e. The minimum Gasteiger partial charge on any atom is -0.443 e. The van der Waals surface area contributed by atoms with Gasteiger partial charge >= 0.3 is 0 Å². The maximum atomic E-state index is 13.2. The summed E-state index contributed by atoms with van der Waals surface area (Å²) in [7, 11) is 0. The van der Waals surface area contributed by atoms with Gasteiger partial charge in [-0.15, -0.1) is 11.3 Å². The second-order valence-corrected chi connectivity index (χ2v) is 10.5. The molecule has 9 nitrogen and oxygen atoms in total. The molecular weight excluding hydrogens is 478 g/mol. The van der Waals surface area contributed by atoms with Crippen molar-refractivity contribution >= 4 is 46.4 Å². The molecule has 0 unspecified atom stereocenters. The molecular formula is C26H23N5O4S. The highest BCUT2D eigenvalue weighted by Gasteiger charge is 2.50. The third-order valence-corrected chi connectivity index (χ3v) is 8.31. The minimum atomic E-state index is -0.268. The first-order valence-corrected chi connectivity index (χ1v) is 12.5. The number of nitrogens with zero attached hydrogens (tertiary/aromatic N) is 4. The van der Waals surface area contributed by atoms with Crippen LogP contribution in [-0.2, 0) is 4.79 Å². The Hall–Kier alpha value is -4.05. The van der Waals surface area contributed by atoms with Gasteiger partial charge in [-0.1, -0.05) is 6.58 Å². The van der Waals surface area contributed by atoms with E-state index in [9.17, 15) is 14.4 Å². The number of amides is 2. The molecule has 0 radical (unpaired) electrons. The van der Waals surface area contributed by atoms with Crippen LogP contribution in [0.3, 0.4) is 0 Å². The zero-order chi connectivity index (χ0) is 24.9. The lowest BCUT2D eigenvalue weighted by atomic mass is 9.64. The van der Waals surface area contributed by atoms with E-state index >= 15 is 0 Å². The molecule has 2 aliphatic rings. The van der Waals surface area contributed by atoms with Crippen molar-refractivity contribution in [2.24, 2.45) is 5.41 Å². The van der Waals surface area contributed by atoms with Crippen LogP contribution in [0.5, 0.6) is 0 Å². The van der Waals surface area contributed by atoms with E-state index in [1.165, 1.54) is 23.8 Å². The topological polar surface area (TPSA) is 110 Å². The van der Waals surface area contributed by atoms with E-state index in [1.807, 2.05) is 17.0 Å². The van der Waals surface area contributed by atoms with Crippen molar-refractivity contribution in [3.63, 3.8) is 0 Å². The Kier molecular flexibility index (Phi) is 5.33. The number of carbonyl (C=O) groups is 3. The van der Waals surface area contributed by atoms with Crippen LogP contribution in [0.25, 0.3) is 21.7 Å². The molecule has 10 heteroatoms. The van der Waals surface area contributed by atoms with Crippen molar-refractivity contribution in [3.8, 4) is 10.6 Å². The fourth-order valence-corrected chi connectivity index (χ4v) is 6.30. The number of thiophene rings is 1. The second kappa shape index (κ2) is 8.56. The molecule has 0 atom stereocenters. The number of benzene rings is 1. The average Bonchev–Trinajstić information content (AvgIpc) is 3.66. The molecule has 1 aromatic carbocycles. The summed E-state index contributed by atoms with van der Waals surface area (Å²) in [4.78, 5) is 48.4. The number of nitrogens with one attached hydrogen (secondary N) is 1. The number of aromatic nitrogens is 3. The van der Waals surface area contributed by atoms with Crippen LogP contribution in [0.4, 0.5) is 5.95 Å². The van der Waals surface area contributed by atoms with E-state index in [4.69, 9.17) is 4.42 Å². The first-order valence-electron chi connectivity index (χ1n) is 11.7. The van der Waals surface area contributed by atoms with Gasteiger partial charge in [0.05, 0.1) is 27.0 Å². The van der Waals surface area contributed by atoms with E-state index < -0.39 is 0 Å². The minimum absolute atomic E-state index is 0.0293. The highest BCUT2D eigenvalue weighted by molar-refractivity contribution is 7.17. The lowest BCUT2D eigenvalue weighted by Crippen LogP contribution is -2.42. The first kappa shape index (κ1) is 22.4. The van der Waals surface area contributed by atoms with Gasteiger partial charge in [-0.2, -0.15) is 0 Å². The Bertz CT molecular complexity index is 1500. The fraction of sp³-hybridized carbons (Fsp3) is 0.269. The summed E-state index contributed by atoms with van der Waals surface area (Å²) in [5.41, 5.74) is 2.11. The summed E-state index contributed by atoms with van der Waals surface area (Å²) in [6.45, 7) is 5.06. The third-order valence-electron chi connectivity index (χ3n) is 7.21. The molecule has 182 valence electrons. The van der Waals surface area contributed by atoms with Crippen LogP contribution in [0.1, 0.15) is 45.3 Å². The van der Waals surface area contributed by atoms with Gasteiger partial charge in [0, 0.05) is 24.7 Å². The molecule has 1 aliphatic heterocycles. The van der Waals surface area contributed by atoms with E-state index in [-0.39, 0.29) is 23.3 Å². The number of aldehydes is 1. The van der Waals surface area contributed by atoms with Gasteiger partial charge in [0.2, 0.25) is 11.9 Å². The number of imidazole rings is 1. The Balaban J connectivity index is 1.28. The molecule has 6 rings (SSSR count). The highest BCUT2D eigenvalue weighted by Crippen LogP contribution is 2.55. The van der Waals surface area contributed by atoms with E-state index in [0.29, 0.717) is 27.7 Å². The molecule has 0 bridgehead atoms. The summed E-state index contributed by atoms with van der Waals surface area (Å²) in [5, 5.41) is 2.99. The summed E-state index contributed by atoms with van der Waals surface area (Å²) >= 11 is 1.31. The molecule has 1 saturated heterocycles. The lowest BCUT2D eigenvalue weighted by Gasteiger charge is -2.46. The standard InChI is InChI=1S/C26H23N5O4S/c1-2-23(33)30-8-7-26(14-30)10-17(11-26)31-19-4-3-16(13-32)9-18(19)28-25(31)29-24(34)22-6-5-21(36-22)20-12-27-15-35-20/h2-6,9,12-13,15,17H,1,7-8,10-11,14H2,(H,28,29,34). The number of rotatable bonds is 6. The van der Waals surface area contributed by atoms with Crippen molar-refractivity contribution in [1.82, 2.24) is 19.4 Å². The lowest BCUT2D eigenvalue weighted by molar-refractivity contribution is -0.125. The Labute approximate surface area is 210 Å². The number of anilines is 1. The van der Waals surface area contributed by atoms with Gasteiger partial charge in [-0.3, -0.25) is 19.7 Å². The van der Waals surface area contributed by atoms with Gasteiger partial charge in [-0.25, -0.2) is 9.97 Å². The summed E-state index contributed by atoms with van der Waals surface area (Å²) in [5.74, 6) is 0.756. The summed E-state index contributed by atoms with van der Waals surface area (Å²) in [6, 6.07) is 9.07. The van der Waals surface area contributed by atoms with Crippen molar-refractivity contribution in [1.29, 1.82) is 0 Å². The number of likely N-dealkylation sites (tertiary alicyclic amines) is 1. The fourth-order valence-electron chi connectivity index (χ4n) is 5.45.